The third-order valence-corrected chi connectivity index (χ3v) is 5.88. The number of fused-ring (bicyclic) bond motifs is 1. The Labute approximate surface area is 175 Å². The Kier molecular flexibility index (Phi) is 6.90. The molecule has 6 heteroatoms. The third-order valence-electron chi connectivity index (χ3n) is 5.39. The van der Waals surface area contributed by atoms with E-state index in [4.69, 9.17) is 4.98 Å². The Morgan fingerprint density at radius 1 is 1.18 bits per heavy atom. The average molecular weight is 443 g/mol. The van der Waals surface area contributed by atoms with Crippen molar-refractivity contribution < 1.29 is 4.79 Å². The molecule has 2 fully saturated rings. The molecule has 2 aliphatic rings. The van der Waals surface area contributed by atoms with Gasteiger partial charge in [-0.2, -0.15) is 5.26 Å². The van der Waals surface area contributed by atoms with E-state index in [9.17, 15) is 10.1 Å². The second-order valence-electron chi connectivity index (χ2n) is 7.12. The van der Waals surface area contributed by atoms with Crippen LogP contribution in [0.4, 0.5) is 5.82 Å². The molecule has 2 saturated heterocycles. The first-order valence-corrected chi connectivity index (χ1v) is 11.0. The van der Waals surface area contributed by atoms with E-state index >= 15 is 0 Å². The first-order valence-electron chi connectivity index (χ1n) is 10.2. The van der Waals surface area contributed by atoms with Crippen LogP contribution in [0.2, 0.25) is 0 Å². The van der Waals surface area contributed by atoms with Crippen molar-refractivity contribution >= 4 is 38.6 Å². The Hall–Kier alpha value is -2.13. The molecule has 2 aliphatic heterocycles. The van der Waals surface area contributed by atoms with E-state index in [1.807, 2.05) is 43.0 Å². The molecule has 5 nitrogen and oxygen atoms in total. The van der Waals surface area contributed by atoms with Crippen LogP contribution in [-0.4, -0.2) is 42.0 Å². The molecule has 3 heterocycles. The van der Waals surface area contributed by atoms with Crippen LogP contribution in [0.15, 0.2) is 28.7 Å². The molecule has 28 heavy (non-hydrogen) atoms. The van der Waals surface area contributed by atoms with E-state index in [2.05, 4.69) is 26.9 Å². The number of anilines is 1. The molecule has 1 amide bonds. The molecule has 1 atom stereocenters. The zero-order chi connectivity index (χ0) is 20.1. The predicted octanol–water partition coefficient (Wildman–Crippen LogP) is 4.73. The number of amides is 1. The lowest BCUT2D eigenvalue weighted by atomic mass is 9.96. The van der Waals surface area contributed by atoms with Crippen LogP contribution in [-0.2, 0) is 4.79 Å². The van der Waals surface area contributed by atoms with Crippen molar-refractivity contribution in [3.8, 4) is 6.07 Å². The molecular weight excluding hydrogens is 416 g/mol. The van der Waals surface area contributed by atoms with Crippen molar-refractivity contribution in [1.29, 1.82) is 5.26 Å². The summed E-state index contributed by atoms with van der Waals surface area (Å²) in [5, 5.41) is 10.4. The molecule has 0 aliphatic carbocycles. The van der Waals surface area contributed by atoms with Gasteiger partial charge in [0, 0.05) is 36.0 Å². The molecule has 0 spiro atoms. The number of hydrogen-bond acceptors (Lipinski definition) is 4. The molecule has 0 saturated carbocycles. The van der Waals surface area contributed by atoms with Crippen LogP contribution in [0, 0.1) is 17.2 Å². The van der Waals surface area contributed by atoms with Crippen LogP contribution in [0.25, 0.3) is 10.9 Å². The van der Waals surface area contributed by atoms with Gasteiger partial charge in [0.1, 0.15) is 5.82 Å². The quantitative estimate of drug-likeness (QED) is 0.673. The number of rotatable bonds is 2. The van der Waals surface area contributed by atoms with Crippen LogP contribution < -0.4 is 4.90 Å². The number of carbonyl (C=O) groups excluding carboxylic acids is 1. The van der Waals surface area contributed by atoms with Gasteiger partial charge in [-0.1, -0.05) is 29.8 Å². The first-order chi connectivity index (χ1) is 13.7. The lowest BCUT2D eigenvalue weighted by Gasteiger charge is -2.34. The zero-order valence-corrected chi connectivity index (χ0v) is 18.2. The van der Waals surface area contributed by atoms with Gasteiger partial charge in [-0.25, -0.2) is 4.98 Å². The topological polar surface area (TPSA) is 60.2 Å². The maximum Gasteiger partial charge on any atom is 0.227 e. The van der Waals surface area contributed by atoms with Crippen molar-refractivity contribution in [2.75, 3.05) is 31.1 Å². The van der Waals surface area contributed by atoms with E-state index in [1.54, 1.807) is 0 Å². The number of carbonyl (C=O) groups is 1. The van der Waals surface area contributed by atoms with Crippen molar-refractivity contribution in [2.24, 2.45) is 5.92 Å². The summed E-state index contributed by atoms with van der Waals surface area (Å²) in [4.78, 5) is 21.7. The smallest absolute Gasteiger partial charge is 0.227 e. The summed E-state index contributed by atoms with van der Waals surface area (Å²) in [6.45, 7) is 7.37. The Morgan fingerprint density at radius 2 is 1.93 bits per heavy atom. The fraction of sp³-hybridized carbons (Fsp3) is 0.500. The van der Waals surface area contributed by atoms with Crippen LogP contribution in [0.3, 0.4) is 0 Å². The molecule has 0 bridgehead atoms. The summed E-state index contributed by atoms with van der Waals surface area (Å²) in [6.07, 6.45) is 4.16. The van der Waals surface area contributed by atoms with Crippen LogP contribution >= 0.6 is 15.9 Å². The Balaban J connectivity index is 0.00000109. The minimum Gasteiger partial charge on any atom is -0.356 e. The normalized spacial score (nSPS) is 19.1. The number of aromatic nitrogens is 1. The minimum atomic E-state index is 0.0369. The fourth-order valence-electron chi connectivity index (χ4n) is 4.02. The number of nitriles is 1. The van der Waals surface area contributed by atoms with Gasteiger partial charge in [-0.3, -0.25) is 4.79 Å². The van der Waals surface area contributed by atoms with Crippen LogP contribution in [0.5, 0.6) is 0 Å². The van der Waals surface area contributed by atoms with E-state index in [0.717, 1.165) is 66.5 Å². The summed E-state index contributed by atoms with van der Waals surface area (Å²) in [5.41, 5.74) is 1.44. The molecule has 0 radical (unpaired) electrons. The molecule has 148 valence electrons. The highest BCUT2D eigenvalue weighted by Crippen LogP contribution is 2.29. The van der Waals surface area contributed by atoms with Gasteiger partial charge >= 0.3 is 0 Å². The predicted molar refractivity (Wildman–Crippen MR) is 116 cm³/mol. The number of hydrogen-bond donors (Lipinski definition) is 0. The summed E-state index contributed by atoms with van der Waals surface area (Å²) < 4.78 is 0.935. The summed E-state index contributed by atoms with van der Waals surface area (Å²) in [7, 11) is 0. The molecule has 1 aromatic heterocycles. The summed E-state index contributed by atoms with van der Waals surface area (Å²) in [6, 6.07) is 9.95. The average Bonchev–Trinajstić information content (AvgIpc) is 3.29. The standard InChI is InChI=1S/C20H21BrN4O.C2H6/c21-16-5-6-18-17(11-16)15(12-22)10-19(23-18)25-9-3-4-14(13-25)20(26)24-7-1-2-8-24;1-2/h5-6,10-11,14H,1-4,7-9,13H2;1-2H3. The largest absolute Gasteiger partial charge is 0.356 e. The SMILES string of the molecule is CC.N#Cc1cc(N2CCCC(C(=O)N3CCCC3)C2)nc2ccc(Br)cc12. The number of pyridine rings is 1. The molecule has 1 unspecified atom stereocenters. The highest BCUT2D eigenvalue weighted by atomic mass is 79.9. The Bertz CT molecular complexity index is 886. The van der Waals surface area contributed by atoms with E-state index in [1.165, 1.54) is 0 Å². The highest BCUT2D eigenvalue weighted by Gasteiger charge is 2.31. The summed E-state index contributed by atoms with van der Waals surface area (Å²) in [5.74, 6) is 1.13. The van der Waals surface area contributed by atoms with Crippen molar-refractivity contribution in [3.63, 3.8) is 0 Å². The Morgan fingerprint density at radius 3 is 2.64 bits per heavy atom. The second kappa shape index (κ2) is 9.38. The van der Waals surface area contributed by atoms with E-state index < -0.39 is 0 Å². The highest BCUT2D eigenvalue weighted by molar-refractivity contribution is 9.10. The molecule has 1 aromatic carbocycles. The van der Waals surface area contributed by atoms with Gasteiger partial charge in [-0.15, -0.1) is 0 Å². The number of likely N-dealkylation sites (tertiary alicyclic amines) is 1. The monoisotopic (exact) mass is 442 g/mol. The third kappa shape index (κ3) is 4.30. The van der Waals surface area contributed by atoms with Crippen LogP contribution in [0.1, 0.15) is 45.1 Å². The van der Waals surface area contributed by atoms with Gasteiger partial charge in [0.2, 0.25) is 5.91 Å². The van der Waals surface area contributed by atoms with Gasteiger partial charge < -0.3 is 9.80 Å². The number of halogens is 1. The maximum atomic E-state index is 12.8. The summed E-state index contributed by atoms with van der Waals surface area (Å²) >= 11 is 3.46. The molecule has 0 N–H and O–H groups in total. The second-order valence-corrected chi connectivity index (χ2v) is 8.03. The van der Waals surface area contributed by atoms with Gasteiger partial charge in [-0.05, 0) is 49.9 Å². The van der Waals surface area contributed by atoms with Crippen molar-refractivity contribution in [2.45, 2.75) is 39.5 Å². The lowest BCUT2D eigenvalue weighted by Crippen LogP contribution is -2.44. The molecule has 4 rings (SSSR count). The molecule has 2 aromatic rings. The lowest BCUT2D eigenvalue weighted by molar-refractivity contribution is -0.134. The van der Waals surface area contributed by atoms with Crippen molar-refractivity contribution in [3.05, 3.63) is 34.3 Å². The fourth-order valence-corrected chi connectivity index (χ4v) is 4.38. The molecular formula is C22H27BrN4O. The minimum absolute atomic E-state index is 0.0369. The van der Waals surface area contributed by atoms with Gasteiger partial charge in [0.25, 0.3) is 0 Å². The maximum absolute atomic E-state index is 12.8. The first kappa shape index (κ1) is 20.6. The number of benzene rings is 1. The number of piperidine rings is 1. The number of nitrogens with zero attached hydrogens (tertiary/aromatic N) is 4. The van der Waals surface area contributed by atoms with E-state index in [-0.39, 0.29) is 11.8 Å². The van der Waals surface area contributed by atoms with Crippen molar-refractivity contribution in [1.82, 2.24) is 9.88 Å². The van der Waals surface area contributed by atoms with Gasteiger partial charge in [0.05, 0.1) is 23.1 Å². The van der Waals surface area contributed by atoms with Gasteiger partial charge in [0.15, 0.2) is 0 Å². The zero-order valence-electron chi connectivity index (χ0n) is 16.6. The van der Waals surface area contributed by atoms with E-state index in [0.29, 0.717) is 12.1 Å².